The molecule has 0 aliphatic heterocycles. The van der Waals surface area contributed by atoms with Crippen molar-refractivity contribution in [1.29, 1.82) is 0 Å². The van der Waals surface area contributed by atoms with Crippen molar-refractivity contribution < 1.29 is 61.8 Å². The summed E-state index contributed by atoms with van der Waals surface area (Å²) in [4.78, 5) is 15.4. The number of carboxylic acid groups (broad SMARTS) is 1. The van der Waals surface area contributed by atoms with Crippen LogP contribution in [0.25, 0.3) is 22.4 Å². The van der Waals surface area contributed by atoms with Crippen molar-refractivity contribution >= 4 is 17.6 Å². The Labute approximate surface area is 230 Å². The second-order valence-electron chi connectivity index (χ2n) is 7.47. The Balaban J connectivity index is 0.00000361. The Morgan fingerprint density at radius 2 is 1.64 bits per heavy atom. The zero-order valence-corrected chi connectivity index (χ0v) is 21.5. The molecule has 0 radical (unpaired) electrons. The molecule has 0 aliphatic rings. The molecule has 0 N–H and O–H groups in total. The molecule has 0 bridgehead atoms. The summed E-state index contributed by atoms with van der Waals surface area (Å²) in [6.07, 6.45) is -4.66. The minimum Gasteiger partial charge on any atom is -0.543 e. The molecule has 0 atom stereocenters. The molecule has 0 unspecified atom stereocenters. The predicted molar refractivity (Wildman–Crippen MR) is 120 cm³/mol. The van der Waals surface area contributed by atoms with Gasteiger partial charge in [-0.1, -0.05) is 48.0 Å². The third-order valence-electron chi connectivity index (χ3n) is 5.16. The van der Waals surface area contributed by atoms with Crippen LogP contribution in [0.2, 0.25) is 5.02 Å². The van der Waals surface area contributed by atoms with E-state index in [0.29, 0.717) is 33.5 Å². The van der Waals surface area contributed by atoms with Crippen LogP contribution in [0.3, 0.4) is 0 Å². The molecule has 10 heteroatoms. The van der Waals surface area contributed by atoms with E-state index < -0.39 is 23.5 Å². The summed E-state index contributed by atoms with van der Waals surface area (Å²) in [5.74, 6) is -2.18. The topological polar surface area (TPSA) is 62.2 Å². The molecule has 4 nitrogen and oxygen atoms in total. The summed E-state index contributed by atoms with van der Waals surface area (Å²) in [6, 6.07) is 18.4. The van der Waals surface area contributed by atoms with Crippen LogP contribution in [0.4, 0.5) is 17.6 Å². The fourth-order valence-electron chi connectivity index (χ4n) is 3.47. The van der Waals surface area contributed by atoms with E-state index in [-0.39, 0.29) is 53.2 Å². The number of halogens is 5. The normalized spacial score (nSPS) is 11.0. The summed E-state index contributed by atoms with van der Waals surface area (Å²) >= 11 is 6.21. The maximum Gasteiger partial charge on any atom is 1.00 e. The van der Waals surface area contributed by atoms with Gasteiger partial charge in [-0.05, 0) is 48.0 Å². The van der Waals surface area contributed by atoms with Gasteiger partial charge in [0.2, 0.25) is 0 Å². The smallest absolute Gasteiger partial charge is 0.543 e. The second kappa shape index (κ2) is 11.4. The number of hydrogen-bond donors (Lipinski definition) is 0. The van der Waals surface area contributed by atoms with Crippen LogP contribution >= 0.6 is 11.6 Å². The minimum atomic E-state index is -4.66. The fraction of sp³-hybridized carbons (Fsp3) is 0.0769. The Hall–Kier alpha value is -2.91. The molecule has 0 spiro atoms. The molecule has 36 heavy (non-hydrogen) atoms. The Morgan fingerprint density at radius 3 is 2.31 bits per heavy atom. The van der Waals surface area contributed by atoms with Gasteiger partial charge in [0.15, 0.2) is 0 Å². The van der Waals surface area contributed by atoms with Gasteiger partial charge in [0.05, 0.1) is 22.9 Å². The maximum absolute atomic E-state index is 14.3. The predicted octanol–water partition coefficient (Wildman–Crippen LogP) is 3.17. The second-order valence-corrected chi connectivity index (χ2v) is 7.91. The number of benzene rings is 3. The number of pyridine rings is 1. The minimum absolute atomic E-state index is 0. The summed E-state index contributed by atoms with van der Waals surface area (Å²) in [5.41, 5.74) is 0.645. The zero-order chi connectivity index (χ0) is 25.2. The average molecular weight is 524 g/mol. The molecule has 0 aliphatic carbocycles. The quantitative estimate of drug-likeness (QED) is 0.288. The Morgan fingerprint density at radius 1 is 0.917 bits per heavy atom. The summed E-state index contributed by atoms with van der Waals surface area (Å²) in [7, 11) is 0. The number of rotatable bonds is 6. The number of aromatic nitrogens is 1. The van der Waals surface area contributed by atoms with Gasteiger partial charge in [-0.25, -0.2) is 9.37 Å². The number of nitrogens with zero attached hydrogens (tertiary/aromatic N) is 1. The Kier molecular flexibility index (Phi) is 8.79. The molecule has 0 fully saturated rings. The number of hydrogen-bond acceptors (Lipinski definition) is 4. The molecule has 4 aromatic rings. The van der Waals surface area contributed by atoms with E-state index >= 15 is 0 Å². The molecular weight excluding hydrogens is 509 g/mol. The van der Waals surface area contributed by atoms with E-state index in [1.54, 1.807) is 48.5 Å². The molecule has 1 aromatic heterocycles. The third-order valence-corrected chi connectivity index (χ3v) is 5.39. The molecule has 3 aromatic carbocycles. The van der Waals surface area contributed by atoms with Crippen LogP contribution in [0.1, 0.15) is 21.6 Å². The first-order chi connectivity index (χ1) is 16.6. The van der Waals surface area contributed by atoms with Crippen LogP contribution in [0.15, 0.2) is 78.9 Å². The van der Waals surface area contributed by atoms with Gasteiger partial charge in [-0.2, -0.15) is 13.2 Å². The number of ether oxygens (including phenoxy) is 1. The van der Waals surface area contributed by atoms with E-state index in [0.717, 1.165) is 12.1 Å². The summed E-state index contributed by atoms with van der Waals surface area (Å²) in [6.45, 7) is -0.334. The van der Waals surface area contributed by atoms with Gasteiger partial charge < -0.3 is 14.6 Å². The Bertz CT molecular complexity index is 1410. The van der Waals surface area contributed by atoms with Crippen LogP contribution in [0.5, 0.6) is 5.75 Å². The van der Waals surface area contributed by atoms with E-state index in [2.05, 4.69) is 4.98 Å². The van der Waals surface area contributed by atoms with Crippen molar-refractivity contribution in [3.63, 3.8) is 0 Å². The van der Waals surface area contributed by atoms with Gasteiger partial charge in [-0.15, -0.1) is 0 Å². The van der Waals surface area contributed by atoms with Crippen molar-refractivity contribution in [3.05, 3.63) is 107 Å². The van der Waals surface area contributed by atoms with Crippen molar-refractivity contribution in [2.75, 3.05) is 0 Å². The SMILES string of the molecule is O=C([O-])c1cccc(-c2ccccc2-c2cc(Cl)ccc2OCc2ccc(C(F)(F)F)cc2F)n1.[Na+]. The first kappa shape index (κ1) is 27.7. The largest absolute Gasteiger partial charge is 1.00 e. The molecule has 0 saturated carbocycles. The van der Waals surface area contributed by atoms with Gasteiger partial charge >= 0.3 is 35.7 Å². The summed E-state index contributed by atoms with van der Waals surface area (Å²) < 4.78 is 58.6. The number of carbonyl (C=O) groups excluding carboxylic acids is 1. The molecule has 178 valence electrons. The van der Waals surface area contributed by atoms with E-state index in [4.69, 9.17) is 16.3 Å². The van der Waals surface area contributed by atoms with Gasteiger partial charge in [-0.3, -0.25) is 0 Å². The average Bonchev–Trinajstić information content (AvgIpc) is 2.83. The van der Waals surface area contributed by atoms with Gasteiger partial charge in [0.25, 0.3) is 0 Å². The summed E-state index contributed by atoms with van der Waals surface area (Å²) in [5, 5.41) is 11.6. The third kappa shape index (κ3) is 6.25. The maximum atomic E-state index is 14.3. The van der Waals surface area contributed by atoms with E-state index in [1.165, 1.54) is 12.1 Å². The van der Waals surface area contributed by atoms with Gasteiger partial charge in [0, 0.05) is 21.7 Å². The zero-order valence-electron chi connectivity index (χ0n) is 18.8. The van der Waals surface area contributed by atoms with Crippen LogP contribution in [-0.4, -0.2) is 11.0 Å². The fourth-order valence-corrected chi connectivity index (χ4v) is 3.65. The van der Waals surface area contributed by atoms with E-state index in [9.17, 15) is 27.5 Å². The number of carbonyl (C=O) groups is 1. The van der Waals surface area contributed by atoms with Crippen molar-refractivity contribution in [3.8, 4) is 28.1 Å². The van der Waals surface area contributed by atoms with Crippen LogP contribution < -0.4 is 39.4 Å². The molecule has 4 rings (SSSR count). The van der Waals surface area contributed by atoms with E-state index in [1.807, 2.05) is 0 Å². The molecular formula is C26H15ClF4NNaO3. The van der Waals surface area contributed by atoms with Crippen molar-refractivity contribution in [1.82, 2.24) is 4.98 Å². The van der Waals surface area contributed by atoms with Crippen molar-refractivity contribution in [2.45, 2.75) is 12.8 Å². The van der Waals surface area contributed by atoms with Crippen LogP contribution in [-0.2, 0) is 12.8 Å². The number of aromatic carboxylic acids is 1. The molecule has 0 saturated heterocycles. The molecule has 0 amide bonds. The monoisotopic (exact) mass is 523 g/mol. The number of alkyl halides is 3. The van der Waals surface area contributed by atoms with Crippen molar-refractivity contribution in [2.24, 2.45) is 0 Å². The first-order valence-corrected chi connectivity index (χ1v) is 10.6. The molecule has 1 heterocycles. The van der Waals surface area contributed by atoms with Gasteiger partial charge in [0.1, 0.15) is 18.2 Å². The van der Waals surface area contributed by atoms with Crippen LogP contribution in [0, 0.1) is 5.82 Å². The first-order valence-electron chi connectivity index (χ1n) is 10.2. The number of carboxylic acids is 1. The standard InChI is InChI=1S/C26H16ClF4NO3.Na/c27-17-10-11-24(35-14-15-8-9-16(12-21(15)28)26(29,30)31)20(13-17)18-4-1-2-5-19(18)22-6-3-7-23(32-22)25(33)34;/h1-13H,14H2,(H,33,34);/q;+1/p-1.